The number of pyridine rings is 1. The van der Waals surface area contributed by atoms with E-state index in [0.29, 0.717) is 5.56 Å². The molecule has 0 saturated carbocycles. The zero-order chi connectivity index (χ0) is 17.6. The minimum atomic E-state index is 0.185. The molecule has 25 heavy (non-hydrogen) atoms. The van der Waals surface area contributed by atoms with E-state index >= 15 is 0 Å². The number of hydrogen-bond donors (Lipinski definition) is 4. The largest absolute Gasteiger partial charge is 0.383 e. The van der Waals surface area contributed by atoms with E-state index in [4.69, 9.17) is 5.73 Å². The maximum Gasteiger partial charge on any atom is 0.142 e. The Labute approximate surface area is 146 Å². The van der Waals surface area contributed by atoms with Crippen LogP contribution >= 0.6 is 0 Å². The molecule has 2 aromatic heterocycles. The topological polar surface area (TPSA) is 103 Å². The molecule has 1 aliphatic heterocycles. The van der Waals surface area contributed by atoms with E-state index in [1.165, 1.54) is 0 Å². The standard InChI is InChI=1S/C19H20N6/c1-10-18(11(2)25-24-10)17-8-14(15(9-20)19(21)23-17)12-3-4-16-13(7-12)5-6-22-16/h3-8,10-11,18,22,24-25H,1-2H3,(H2,21,23). The molecule has 2 unspecified atom stereocenters. The molecule has 126 valence electrons. The van der Waals surface area contributed by atoms with Crippen molar-refractivity contribution in [1.82, 2.24) is 20.8 Å². The van der Waals surface area contributed by atoms with Crippen LogP contribution in [0, 0.1) is 11.3 Å². The van der Waals surface area contributed by atoms with Gasteiger partial charge in [0.2, 0.25) is 0 Å². The molecule has 3 aromatic rings. The first-order chi connectivity index (χ1) is 12.1. The van der Waals surface area contributed by atoms with Gasteiger partial charge in [-0.2, -0.15) is 5.26 Å². The molecule has 2 atom stereocenters. The number of hydrazine groups is 1. The van der Waals surface area contributed by atoms with Gasteiger partial charge in [-0.15, -0.1) is 0 Å². The van der Waals surface area contributed by atoms with Gasteiger partial charge >= 0.3 is 0 Å². The Morgan fingerprint density at radius 3 is 2.60 bits per heavy atom. The lowest BCUT2D eigenvalue weighted by Crippen LogP contribution is -2.30. The molecular formula is C19H20N6. The number of nitrogens with one attached hydrogen (secondary N) is 3. The molecule has 4 rings (SSSR count). The third-order valence-electron chi connectivity index (χ3n) is 5.00. The van der Waals surface area contributed by atoms with Crippen molar-refractivity contribution in [2.45, 2.75) is 31.8 Å². The summed E-state index contributed by atoms with van der Waals surface area (Å²) in [5.41, 5.74) is 16.8. The van der Waals surface area contributed by atoms with Crippen LogP contribution < -0.4 is 16.6 Å². The van der Waals surface area contributed by atoms with Gasteiger partial charge in [-0.25, -0.2) is 4.98 Å². The highest BCUT2D eigenvalue weighted by molar-refractivity contribution is 5.87. The third-order valence-corrected chi connectivity index (χ3v) is 5.00. The second-order valence-corrected chi connectivity index (χ2v) is 6.64. The second kappa shape index (κ2) is 5.88. The lowest BCUT2D eigenvalue weighted by atomic mass is 9.89. The van der Waals surface area contributed by atoms with Gasteiger partial charge in [0.05, 0.1) is 0 Å². The number of H-pyrrole nitrogens is 1. The average molecular weight is 332 g/mol. The van der Waals surface area contributed by atoms with E-state index in [9.17, 15) is 5.26 Å². The highest BCUT2D eigenvalue weighted by atomic mass is 15.4. The molecule has 0 aliphatic carbocycles. The number of benzene rings is 1. The second-order valence-electron chi connectivity index (χ2n) is 6.64. The molecule has 1 aromatic carbocycles. The molecule has 0 amide bonds. The summed E-state index contributed by atoms with van der Waals surface area (Å²) >= 11 is 0. The number of aromatic nitrogens is 2. The molecule has 1 aliphatic rings. The fourth-order valence-electron chi connectivity index (χ4n) is 3.71. The Hall–Kier alpha value is -2.88. The van der Waals surface area contributed by atoms with Crippen molar-refractivity contribution in [3.05, 3.63) is 47.8 Å². The minimum Gasteiger partial charge on any atom is -0.383 e. The summed E-state index contributed by atoms with van der Waals surface area (Å²) in [4.78, 5) is 7.72. The number of aromatic amines is 1. The SMILES string of the molecule is CC1NNC(C)C1c1cc(-c2ccc3[nH]ccc3c2)c(C#N)c(N)n1. The first-order valence-corrected chi connectivity index (χ1v) is 8.37. The Kier molecular flexibility index (Phi) is 3.68. The summed E-state index contributed by atoms with van der Waals surface area (Å²) in [6.45, 7) is 4.23. The van der Waals surface area contributed by atoms with Crippen LogP contribution in [0.5, 0.6) is 0 Å². The third kappa shape index (κ3) is 2.54. The zero-order valence-corrected chi connectivity index (χ0v) is 14.2. The zero-order valence-electron chi connectivity index (χ0n) is 14.2. The maximum absolute atomic E-state index is 9.59. The van der Waals surface area contributed by atoms with Crippen molar-refractivity contribution in [3.63, 3.8) is 0 Å². The number of nitrogen functional groups attached to an aromatic ring is 1. The average Bonchev–Trinajstić information content (AvgIpc) is 3.19. The number of rotatable bonds is 2. The lowest BCUT2D eigenvalue weighted by Gasteiger charge is -2.19. The molecule has 6 heteroatoms. The Bertz CT molecular complexity index is 973. The molecule has 0 spiro atoms. The normalized spacial score (nSPS) is 23.0. The summed E-state index contributed by atoms with van der Waals surface area (Å²) in [5.74, 6) is 0.472. The van der Waals surface area contributed by atoms with Crippen LogP contribution in [0.1, 0.15) is 31.0 Å². The van der Waals surface area contributed by atoms with Crippen LogP contribution in [-0.2, 0) is 0 Å². The number of fused-ring (bicyclic) bond motifs is 1. The summed E-state index contributed by atoms with van der Waals surface area (Å²) < 4.78 is 0. The fraction of sp³-hybridized carbons (Fsp3) is 0.263. The first-order valence-electron chi connectivity index (χ1n) is 8.37. The number of nitriles is 1. The van der Waals surface area contributed by atoms with Gasteiger partial charge < -0.3 is 10.7 Å². The number of nitrogens with zero attached hydrogens (tertiary/aromatic N) is 2. The van der Waals surface area contributed by atoms with Crippen LogP contribution in [0.2, 0.25) is 0 Å². The van der Waals surface area contributed by atoms with Crippen molar-refractivity contribution in [3.8, 4) is 17.2 Å². The van der Waals surface area contributed by atoms with E-state index in [1.807, 2.05) is 30.5 Å². The molecule has 0 radical (unpaired) electrons. The summed E-state index contributed by atoms with van der Waals surface area (Å²) in [6.07, 6.45) is 1.91. The van der Waals surface area contributed by atoms with Gasteiger partial charge in [-0.1, -0.05) is 6.07 Å². The number of anilines is 1. The van der Waals surface area contributed by atoms with E-state index in [2.05, 4.69) is 46.8 Å². The summed E-state index contributed by atoms with van der Waals surface area (Å²) in [7, 11) is 0. The van der Waals surface area contributed by atoms with Crippen LogP contribution in [-0.4, -0.2) is 22.1 Å². The summed E-state index contributed by atoms with van der Waals surface area (Å²) in [6, 6.07) is 12.8. The van der Waals surface area contributed by atoms with E-state index in [1.54, 1.807) is 0 Å². The first kappa shape index (κ1) is 15.6. The molecule has 6 nitrogen and oxygen atoms in total. The Morgan fingerprint density at radius 2 is 1.88 bits per heavy atom. The number of hydrogen-bond acceptors (Lipinski definition) is 5. The van der Waals surface area contributed by atoms with Crippen LogP contribution in [0.25, 0.3) is 22.0 Å². The van der Waals surface area contributed by atoms with Gasteiger partial charge in [-0.05, 0) is 49.1 Å². The Morgan fingerprint density at radius 1 is 1.12 bits per heavy atom. The van der Waals surface area contributed by atoms with Gasteiger partial charge in [0.25, 0.3) is 0 Å². The van der Waals surface area contributed by atoms with E-state index in [0.717, 1.165) is 27.7 Å². The molecule has 3 heterocycles. The quantitative estimate of drug-likeness (QED) is 0.578. The predicted octanol–water partition coefficient (Wildman–Crippen LogP) is 2.65. The number of nitrogens with two attached hydrogens (primary N) is 1. The van der Waals surface area contributed by atoms with Crippen LogP contribution in [0.15, 0.2) is 36.5 Å². The summed E-state index contributed by atoms with van der Waals surface area (Å²) in [5, 5.41) is 10.7. The van der Waals surface area contributed by atoms with Crippen molar-refractivity contribution in [2.24, 2.45) is 0 Å². The molecule has 0 bridgehead atoms. The molecule has 1 fully saturated rings. The smallest absolute Gasteiger partial charge is 0.142 e. The van der Waals surface area contributed by atoms with Crippen molar-refractivity contribution in [2.75, 3.05) is 5.73 Å². The van der Waals surface area contributed by atoms with E-state index in [-0.39, 0.29) is 23.8 Å². The van der Waals surface area contributed by atoms with Gasteiger partial charge in [-0.3, -0.25) is 10.9 Å². The molecule has 1 saturated heterocycles. The van der Waals surface area contributed by atoms with Crippen molar-refractivity contribution >= 4 is 16.7 Å². The van der Waals surface area contributed by atoms with Gasteiger partial charge in [0, 0.05) is 41.0 Å². The fourth-order valence-corrected chi connectivity index (χ4v) is 3.71. The lowest BCUT2D eigenvalue weighted by molar-refractivity contribution is 0.561. The highest BCUT2D eigenvalue weighted by Gasteiger charge is 2.33. The predicted molar refractivity (Wildman–Crippen MR) is 98.6 cm³/mol. The molecular weight excluding hydrogens is 312 g/mol. The highest BCUT2D eigenvalue weighted by Crippen LogP contribution is 2.34. The maximum atomic E-state index is 9.59. The van der Waals surface area contributed by atoms with E-state index < -0.39 is 0 Å². The monoisotopic (exact) mass is 332 g/mol. The van der Waals surface area contributed by atoms with Gasteiger partial charge in [0.15, 0.2) is 0 Å². The van der Waals surface area contributed by atoms with Crippen LogP contribution in [0.3, 0.4) is 0 Å². The van der Waals surface area contributed by atoms with Crippen molar-refractivity contribution in [1.29, 1.82) is 5.26 Å². The molecule has 5 N–H and O–H groups in total. The minimum absolute atomic E-state index is 0.185. The van der Waals surface area contributed by atoms with Crippen LogP contribution in [0.4, 0.5) is 5.82 Å². The van der Waals surface area contributed by atoms with Gasteiger partial charge in [0.1, 0.15) is 17.5 Å². The Balaban J connectivity index is 1.89. The van der Waals surface area contributed by atoms with Crippen molar-refractivity contribution < 1.29 is 0 Å².